The maximum atomic E-state index is 12.5. The van der Waals surface area contributed by atoms with Crippen molar-refractivity contribution in [2.75, 3.05) is 32.7 Å². The van der Waals surface area contributed by atoms with Crippen molar-refractivity contribution in [3.05, 3.63) is 35.9 Å². The van der Waals surface area contributed by atoms with Crippen LogP contribution in [0.15, 0.2) is 30.3 Å². The highest BCUT2D eigenvalue weighted by Gasteiger charge is 2.49. The van der Waals surface area contributed by atoms with Gasteiger partial charge in [-0.1, -0.05) is 30.3 Å². The molecule has 3 aliphatic rings. The molecule has 6 nitrogen and oxygen atoms in total. The van der Waals surface area contributed by atoms with E-state index in [-0.39, 0.29) is 30.3 Å². The van der Waals surface area contributed by atoms with Crippen molar-refractivity contribution in [2.45, 2.75) is 31.8 Å². The van der Waals surface area contributed by atoms with E-state index in [0.29, 0.717) is 11.8 Å². The lowest BCUT2D eigenvalue weighted by atomic mass is 9.84. The van der Waals surface area contributed by atoms with Gasteiger partial charge in [-0.15, -0.1) is 0 Å². The number of benzene rings is 1. The first kappa shape index (κ1) is 18.4. The maximum Gasteiger partial charge on any atom is 0.242 e. The fourth-order valence-corrected chi connectivity index (χ4v) is 5.11. The van der Waals surface area contributed by atoms with E-state index in [4.69, 9.17) is 5.73 Å². The minimum Gasteiger partial charge on any atom is -0.347 e. The third kappa shape index (κ3) is 4.01. The number of amides is 2. The van der Waals surface area contributed by atoms with Crippen LogP contribution in [0.1, 0.15) is 24.8 Å². The Balaban J connectivity index is 1.20. The summed E-state index contributed by atoms with van der Waals surface area (Å²) in [5.41, 5.74) is 7.53. The molecule has 146 valence electrons. The Morgan fingerprint density at radius 2 is 1.74 bits per heavy atom. The van der Waals surface area contributed by atoms with Crippen LogP contribution in [-0.4, -0.2) is 60.4 Å². The number of piperazine rings is 1. The average Bonchev–Trinajstić information content (AvgIpc) is 3.28. The van der Waals surface area contributed by atoms with E-state index >= 15 is 0 Å². The molecule has 4 atom stereocenters. The van der Waals surface area contributed by atoms with Gasteiger partial charge in [0.05, 0.1) is 12.5 Å². The van der Waals surface area contributed by atoms with Crippen molar-refractivity contribution < 1.29 is 9.59 Å². The molecule has 1 aromatic carbocycles. The lowest BCUT2D eigenvalue weighted by Gasteiger charge is -2.35. The van der Waals surface area contributed by atoms with E-state index in [1.54, 1.807) is 0 Å². The van der Waals surface area contributed by atoms with Crippen molar-refractivity contribution >= 4 is 11.8 Å². The molecule has 0 spiro atoms. The second-order valence-corrected chi connectivity index (χ2v) is 8.30. The van der Waals surface area contributed by atoms with Gasteiger partial charge < -0.3 is 16.0 Å². The van der Waals surface area contributed by atoms with Crippen molar-refractivity contribution in [3.63, 3.8) is 0 Å². The standard InChI is InChI=1S/C21H30N4O2/c22-20-17-7-6-16(12-17)19(20)21(27)23-13-18(26)25-10-8-24(9-11-25)14-15-4-2-1-3-5-15/h1-5,16-17,19-20H,6-14,22H2,(H,23,27). The van der Waals surface area contributed by atoms with E-state index in [2.05, 4.69) is 34.5 Å². The molecule has 2 bridgehead atoms. The number of carbonyl (C=O) groups is 2. The Kier molecular flexibility index (Phi) is 5.45. The predicted octanol–water partition coefficient (Wildman–Crippen LogP) is 0.820. The van der Waals surface area contributed by atoms with Crippen LogP contribution in [-0.2, 0) is 16.1 Å². The highest BCUT2D eigenvalue weighted by atomic mass is 16.2. The molecule has 2 aliphatic carbocycles. The molecule has 3 fully saturated rings. The number of carbonyl (C=O) groups excluding carboxylic acids is 2. The zero-order chi connectivity index (χ0) is 18.8. The molecule has 6 heteroatoms. The highest BCUT2D eigenvalue weighted by molar-refractivity contribution is 5.86. The zero-order valence-corrected chi connectivity index (χ0v) is 15.8. The fourth-order valence-electron chi connectivity index (χ4n) is 5.11. The van der Waals surface area contributed by atoms with Gasteiger partial charge in [-0.25, -0.2) is 0 Å². The summed E-state index contributed by atoms with van der Waals surface area (Å²) in [6.45, 7) is 4.18. The SMILES string of the molecule is NC1C2CCC(C2)C1C(=O)NCC(=O)N1CCN(Cc2ccccc2)CC1. The molecule has 1 heterocycles. The minimum absolute atomic E-state index is 0.0134. The van der Waals surface area contributed by atoms with Crippen molar-refractivity contribution in [1.82, 2.24) is 15.1 Å². The average molecular weight is 370 g/mol. The summed E-state index contributed by atoms with van der Waals surface area (Å²) in [5.74, 6) is 0.810. The van der Waals surface area contributed by atoms with E-state index in [1.807, 2.05) is 11.0 Å². The van der Waals surface area contributed by atoms with Gasteiger partial charge in [-0.2, -0.15) is 0 Å². The number of nitrogens with one attached hydrogen (secondary N) is 1. The Morgan fingerprint density at radius 3 is 2.41 bits per heavy atom. The molecular formula is C21H30N4O2. The first-order valence-electron chi connectivity index (χ1n) is 10.2. The molecule has 1 aliphatic heterocycles. The van der Waals surface area contributed by atoms with Gasteiger partial charge in [0.15, 0.2) is 0 Å². The van der Waals surface area contributed by atoms with Crippen molar-refractivity contribution in [1.29, 1.82) is 0 Å². The zero-order valence-electron chi connectivity index (χ0n) is 15.8. The predicted molar refractivity (Wildman–Crippen MR) is 104 cm³/mol. The Bertz CT molecular complexity index is 670. The molecule has 27 heavy (non-hydrogen) atoms. The van der Waals surface area contributed by atoms with Crippen LogP contribution < -0.4 is 11.1 Å². The second kappa shape index (κ2) is 7.98. The molecule has 0 aromatic heterocycles. The molecule has 1 saturated heterocycles. The summed E-state index contributed by atoms with van der Waals surface area (Å²) in [7, 11) is 0. The van der Waals surface area contributed by atoms with Crippen LogP contribution in [0.5, 0.6) is 0 Å². The van der Waals surface area contributed by atoms with Gasteiger partial charge >= 0.3 is 0 Å². The second-order valence-electron chi connectivity index (χ2n) is 8.30. The lowest BCUT2D eigenvalue weighted by molar-refractivity contribution is -0.135. The number of rotatable bonds is 5. The van der Waals surface area contributed by atoms with Gasteiger partial charge in [0.2, 0.25) is 11.8 Å². The van der Waals surface area contributed by atoms with E-state index in [1.165, 1.54) is 5.56 Å². The first-order chi connectivity index (χ1) is 13.1. The maximum absolute atomic E-state index is 12.5. The Morgan fingerprint density at radius 1 is 1.04 bits per heavy atom. The molecule has 4 rings (SSSR count). The third-order valence-electron chi connectivity index (χ3n) is 6.67. The van der Waals surface area contributed by atoms with Crippen LogP contribution in [0, 0.1) is 17.8 Å². The number of nitrogens with two attached hydrogens (primary N) is 1. The molecule has 0 radical (unpaired) electrons. The smallest absolute Gasteiger partial charge is 0.242 e. The third-order valence-corrected chi connectivity index (χ3v) is 6.67. The van der Waals surface area contributed by atoms with Gasteiger partial charge in [0.1, 0.15) is 0 Å². The van der Waals surface area contributed by atoms with Gasteiger partial charge in [-0.05, 0) is 36.7 Å². The summed E-state index contributed by atoms with van der Waals surface area (Å²) in [5, 5.41) is 2.86. The molecule has 1 aromatic rings. The quantitative estimate of drug-likeness (QED) is 0.804. The topological polar surface area (TPSA) is 78.7 Å². The summed E-state index contributed by atoms with van der Waals surface area (Å²) in [6, 6.07) is 10.4. The number of hydrogen-bond donors (Lipinski definition) is 2. The van der Waals surface area contributed by atoms with Crippen molar-refractivity contribution in [3.8, 4) is 0 Å². The largest absolute Gasteiger partial charge is 0.347 e. The number of hydrogen-bond acceptors (Lipinski definition) is 4. The van der Waals surface area contributed by atoms with Crippen LogP contribution in [0.3, 0.4) is 0 Å². The molecule has 3 N–H and O–H groups in total. The monoisotopic (exact) mass is 370 g/mol. The highest BCUT2D eigenvalue weighted by Crippen LogP contribution is 2.47. The Hall–Kier alpha value is -1.92. The summed E-state index contributed by atoms with van der Waals surface area (Å²) in [4.78, 5) is 29.2. The van der Waals surface area contributed by atoms with E-state index in [0.717, 1.165) is 52.0 Å². The molecular weight excluding hydrogens is 340 g/mol. The van der Waals surface area contributed by atoms with Gasteiger partial charge in [-0.3, -0.25) is 14.5 Å². The molecule has 2 saturated carbocycles. The fraction of sp³-hybridized carbons (Fsp3) is 0.619. The molecule has 4 unspecified atom stereocenters. The van der Waals surface area contributed by atoms with Crippen molar-refractivity contribution in [2.24, 2.45) is 23.5 Å². The molecule has 2 amide bonds. The summed E-state index contributed by atoms with van der Waals surface area (Å²) >= 11 is 0. The first-order valence-corrected chi connectivity index (χ1v) is 10.2. The van der Waals surface area contributed by atoms with Crippen LogP contribution >= 0.6 is 0 Å². The van der Waals surface area contributed by atoms with Crippen LogP contribution in [0.2, 0.25) is 0 Å². The van der Waals surface area contributed by atoms with E-state index < -0.39 is 0 Å². The van der Waals surface area contributed by atoms with Gasteiger partial charge in [0.25, 0.3) is 0 Å². The normalized spacial score (nSPS) is 30.5. The van der Waals surface area contributed by atoms with Crippen LogP contribution in [0.25, 0.3) is 0 Å². The number of fused-ring (bicyclic) bond motifs is 2. The van der Waals surface area contributed by atoms with Gasteiger partial charge in [0, 0.05) is 38.8 Å². The number of nitrogens with zero attached hydrogens (tertiary/aromatic N) is 2. The summed E-state index contributed by atoms with van der Waals surface area (Å²) in [6.07, 6.45) is 3.34. The van der Waals surface area contributed by atoms with Crippen LogP contribution in [0.4, 0.5) is 0 Å². The summed E-state index contributed by atoms with van der Waals surface area (Å²) < 4.78 is 0. The minimum atomic E-state index is -0.0979. The Labute approximate surface area is 161 Å². The van der Waals surface area contributed by atoms with E-state index in [9.17, 15) is 9.59 Å². The lowest BCUT2D eigenvalue weighted by Crippen LogP contribution is -2.52.